The van der Waals surface area contributed by atoms with Crippen molar-refractivity contribution < 1.29 is 9.53 Å². The Kier molecular flexibility index (Phi) is 4.58. The predicted octanol–water partition coefficient (Wildman–Crippen LogP) is 2.62. The number of carbonyl (C=O) groups is 1. The summed E-state index contributed by atoms with van der Waals surface area (Å²) >= 11 is 3.37. The van der Waals surface area contributed by atoms with E-state index >= 15 is 0 Å². The van der Waals surface area contributed by atoms with Gasteiger partial charge in [0, 0.05) is 13.1 Å². The number of carbonyl (C=O) groups excluding carboxylic acids is 1. The van der Waals surface area contributed by atoms with Gasteiger partial charge in [0.1, 0.15) is 10.4 Å². The van der Waals surface area contributed by atoms with Crippen molar-refractivity contribution in [1.29, 1.82) is 0 Å². The number of hydrogen-bond donors (Lipinski definition) is 0. The number of pyridine rings is 1. The first-order valence-corrected chi connectivity index (χ1v) is 7.04. The van der Waals surface area contributed by atoms with E-state index in [2.05, 4.69) is 25.8 Å². The number of nitrogens with zero attached hydrogens (tertiary/aromatic N) is 2. The summed E-state index contributed by atoms with van der Waals surface area (Å²) in [7, 11) is 0. The maximum absolute atomic E-state index is 11.6. The van der Waals surface area contributed by atoms with E-state index in [1.54, 1.807) is 0 Å². The molecule has 0 aromatic carbocycles. The van der Waals surface area contributed by atoms with Gasteiger partial charge in [0.15, 0.2) is 0 Å². The van der Waals surface area contributed by atoms with Crippen LogP contribution < -0.4 is 4.90 Å². The fourth-order valence-corrected chi connectivity index (χ4v) is 2.51. The van der Waals surface area contributed by atoms with Crippen molar-refractivity contribution in [2.45, 2.75) is 19.8 Å². The van der Waals surface area contributed by atoms with Crippen molar-refractivity contribution in [2.24, 2.45) is 5.92 Å². The van der Waals surface area contributed by atoms with Gasteiger partial charge in [-0.05, 0) is 47.8 Å². The molecule has 4 nitrogen and oxygen atoms in total. The highest BCUT2D eigenvalue weighted by Crippen LogP contribution is 2.23. The smallest absolute Gasteiger partial charge is 0.309 e. The highest BCUT2D eigenvalue weighted by Gasteiger charge is 2.26. The zero-order valence-electron chi connectivity index (χ0n) is 10.4. The van der Waals surface area contributed by atoms with Crippen LogP contribution in [0.3, 0.4) is 0 Å². The number of esters is 1. The molecular weight excluding hydrogens is 296 g/mol. The van der Waals surface area contributed by atoms with Crippen molar-refractivity contribution in [3.8, 4) is 0 Å². The SMILES string of the molecule is CCOC(=O)C1CCN(c2cccc(Br)n2)CC1. The van der Waals surface area contributed by atoms with Gasteiger partial charge >= 0.3 is 5.97 Å². The van der Waals surface area contributed by atoms with Gasteiger partial charge in [-0.15, -0.1) is 0 Å². The molecule has 1 aromatic rings. The highest BCUT2D eigenvalue weighted by atomic mass is 79.9. The third-order valence-electron chi connectivity index (χ3n) is 3.14. The molecule has 1 fully saturated rings. The van der Waals surface area contributed by atoms with Crippen molar-refractivity contribution in [3.63, 3.8) is 0 Å². The van der Waals surface area contributed by atoms with E-state index < -0.39 is 0 Å². The molecule has 0 bridgehead atoms. The molecule has 0 atom stereocenters. The molecule has 0 saturated carbocycles. The average molecular weight is 313 g/mol. The fraction of sp³-hybridized carbons (Fsp3) is 0.538. The van der Waals surface area contributed by atoms with Crippen LogP contribution in [0.25, 0.3) is 0 Å². The van der Waals surface area contributed by atoms with Crippen LogP contribution in [0.15, 0.2) is 22.8 Å². The molecular formula is C13H17BrN2O2. The Bertz CT molecular complexity index is 417. The lowest BCUT2D eigenvalue weighted by Crippen LogP contribution is -2.37. The van der Waals surface area contributed by atoms with E-state index in [9.17, 15) is 4.79 Å². The lowest BCUT2D eigenvalue weighted by atomic mass is 9.97. The van der Waals surface area contributed by atoms with E-state index in [0.717, 1.165) is 36.4 Å². The van der Waals surface area contributed by atoms with Crippen LogP contribution in [0.1, 0.15) is 19.8 Å². The van der Waals surface area contributed by atoms with Crippen LogP contribution >= 0.6 is 15.9 Å². The zero-order chi connectivity index (χ0) is 13.0. The number of halogens is 1. The third-order valence-corrected chi connectivity index (χ3v) is 3.58. The van der Waals surface area contributed by atoms with Gasteiger partial charge in [-0.25, -0.2) is 4.98 Å². The average Bonchev–Trinajstić information content (AvgIpc) is 2.39. The fourth-order valence-electron chi connectivity index (χ4n) is 2.18. The Balaban J connectivity index is 1.92. The first-order chi connectivity index (χ1) is 8.70. The van der Waals surface area contributed by atoms with Gasteiger partial charge < -0.3 is 9.64 Å². The van der Waals surface area contributed by atoms with Crippen molar-refractivity contribution >= 4 is 27.7 Å². The number of ether oxygens (including phenoxy) is 1. The Morgan fingerprint density at radius 2 is 2.22 bits per heavy atom. The van der Waals surface area contributed by atoms with Crippen LogP contribution in [-0.4, -0.2) is 30.6 Å². The second-order valence-corrected chi connectivity index (χ2v) is 5.14. The van der Waals surface area contributed by atoms with Crippen LogP contribution in [0.5, 0.6) is 0 Å². The van der Waals surface area contributed by atoms with E-state index in [1.165, 1.54) is 0 Å². The Morgan fingerprint density at radius 1 is 1.50 bits per heavy atom. The molecule has 0 N–H and O–H groups in total. The maximum Gasteiger partial charge on any atom is 0.309 e. The molecule has 1 aromatic heterocycles. The second kappa shape index (κ2) is 6.18. The summed E-state index contributed by atoms with van der Waals surface area (Å²) in [6.07, 6.45) is 1.68. The number of anilines is 1. The predicted molar refractivity (Wildman–Crippen MR) is 73.5 cm³/mol. The standard InChI is InChI=1S/C13H17BrN2O2/c1-2-18-13(17)10-6-8-16(9-7-10)12-5-3-4-11(14)15-12/h3-5,10H,2,6-9H2,1H3. The molecule has 98 valence electrons. The number of rotatable bonds is 3. The molecule has 0 amide bonds. The minimum atomic E-state index is -0.0562. The summed E-state index contributed by atoms with van der Waals surface area (Å²) in [6.45, 7) is 4.02. The molecule has 0 radical (unpaired) electrons. The molecule has 0 aliphatic carbocycles. The summed E-state index contributed by atoms with van der Waals surface area (Å²) in [4.78, 5) is 18.3. The molecule has 0 spiro atoms. The van der Waals surface area contributed by atoms with Crippen LogP contribution in [0, 0.1) is 5.92 Å². The van der Waals surface area contributed by atoms with Gasteiger partial charge in [-0.2, -0.15) is 0 Å². The van der Waals surface area contributed by atoms with Crippen molar-refractivity contribution in [3.05, 3.63) is 22.8 Å². The summed E-state index contributed by atoms with van der Waals surface area (Å²) in [5.74, 6) is 0.958. The Labute approximate surface area is 115 Å². The summed E-state index contributed by atoms with van der Waals surface area (Å²) in [5, 5.41) is 0. The van der Waals surface area contributed by atoms with Gasteiger partial charge in [0.05, 0.1) is 12.5 Å². The molecule has 5 heteroatoms. The molecule has 1 saturated heterocycles. The van der Waals surface area contributed by atoms with Gasteiger partial charge in [0.25, 0.3) is 0 Å². The van der Waals surface area contributed by atoms with E-state index in [-0.39, 0.29) is 11.9 Å². The lowest BCUT2D eigenvalue weighted by molar-refractivity contribution is -0.148. The molecule has 1 aliphatic rings. The van der Waals surface area contributed by atoms with Crippen LogP contribution in [-0.2, 0) is 9.53 Å². The van der Waals surface area contributed by atoms with E-state index in [0.29, 0.717) is 6.61 Å². The van der Waals surface area contributed by atoms with Crippen molar-refractivity contribution in [1.82, 2.24) is 4.98 Å². The van der Waals surface area contributed by atoms with E-state index in [4.69, 9.17) is 4.74 Å². The topological polar surface area (TPSA) is 42.4 Å². The van der Waals surface area contributed by atoms with Gasteiger partial charge in [-0.1, -0.05) is 6.07 Å². The molecule has 18 heavy (non-hydrogen) atoms. The quantitative estimate of drug-likeness (QED) is 0.635. The second-order valence-electron chi connectivity index (χ2n) is 4.33. The van der Waals surface area contributed by atoms with Crippen LogP contribution in [0.4, 0.5) is 5.82 Å². The first-order valence-electron chi connectivity index (χ1n) is 6.25. The maximum atomic E-state index is 11.6. The minimum Gasteiger partial charge on any atom is -0.466 e. The Morgan fingerprint density at radius 3 is 2.83 bits per heavy atom. The molecule has 1 aliphatic heterocycles. The third kappa shape index (κ3) is 3.22. The molecule has 0 unspecified atom stereocenters. The summed E-state index contributed by atoms with van der Waals surface area (Å²) in [6, 6.07) is 5.88. The normalized spacial score (nSPS) is 16.7. The van der Waals surface area contributed by atoms with Gasteiger partial charge in [-0.3, -0.25) is 4.79 Å². The van der Waals surface area contributed by atoms with Crippen LogP contribution in [0.2, 0.25) is 0 Å². The summed E-state index contributed by atoms with van der Waals surface area (Å²) in [5.41, 5.74) is 0. The highest BCUT2D eigenvalue weighted by molar-refractivity contribution is 9.10. The molecule has 2 rings (SSSR count). The number of piperidine rings is 1. The first kappa shape index (κ1) is 13.3. The summed E-state index contributed by atoms with van der Waals surface area (Å²) < 4.78 is 5.90. The lowest BCUT2D eigenvalue weighted by Gasteiger charge is -2.31. The monoisotopic (exact) mass is 312 g/mol. The minimum absolute atomic E-state index is 0.0494. The van der Waals surface area contributed by atoms with Crippen molar-refractivity contribution in [2.75, 3.05) is 24.6 Å². The molecule has 2 heterocycles. The zero-order valence-corrected chi connectivity index (χ0v) is 12.0. The van der Waals surface area contributed by atoms with Gasteiger partial charge in [0.2, 0.25) is 0 Å². The number of aromatic nitrogens is 1. The van der Waals surface area contributed by atoms with E-state index in [1.807, 2.05) is 25.1 Å². The largest absolute Gasteiger partial charge is 0.466 e. The Hall–Kier alpha value is -1.10. The number of hydrogen-bond acceptors (Lipinski definition) is 4.